The summed E-state index contributed by atoms with van der Waals surface area (Å²) in [6.07, 6.45) is 1.11. The first-order valence-electron chi connectivity index (χ1n) is 6.09. The van der Waals surface area contributed by atoms with Crippen LogP contribution >= 0.6 is 0 Å². The summed E-state index contributed by atoms with van der Waals surface area (Å²) in [5, 5.41) is 12.4. The third-order valence-corrected chi connectivity index (χ3v) is 3.72. The van der Waals surface area contributed by atoms with Gasteiger partial charge < -0.3 is 15.3 Å². The van der Waals surface area contributed by atoms with E-state index in [4.69, 9.17) is 5.11 Å². The van der Waals surface area contributed by atoms with Gasteiger partial charge in [0.25, 0.3) is 0 Å². The second-order valence-electron chi connectivity index (χ2n) is 5.22. The van der Waals surface area contributed by atoms with Gasteiger partial charge in [-0.15, -0.1) is 0 Å². The Hall–Kier alpha value is -0.610. The highest BCUT2D eigenvalue weighted by Crippen LogP contribution is 2.17. The molecule has 2 N–H and O–H groups in total. The van der Waals surface area contributed by atoms with Crippen molar-refractivity contribution in [1.29, 1.82) is 0 Å². The van der Waals surface area contributed by atoms with Crippen LogP contribution in [-0.2, 0) is 4.79 Å². The minimum absolute atomic E-state index is 0.0355. The van der Waals surface area contributed by atoms with Gasteiger partial charge in [-0.25, -0.2) is 0 Å². The highest BCUT2D eigenvalue weighted by molar-refractivity contribution is 5.70. The fraction of sp³-hybridized carbons (Fsp3) is 0.917. The first-order valence-corrected chi connectivity index (χ1v) is 6.09. The van der Waals surface area contributed by atoms with Gasteiger partial charge >= 0.3 is 5.97 Å². The Balaban J connectivity index is 2.44. The van der Waals surface area contributed by atoms with Crippen LogP contribution in [0.25, 0.3) is 0 Å². The lowest BCUT2D eigenvalue weighted by molar-refractivity contribution is -0.142. The lowest BCUT2D eigenvalue weighted by Gasteiger charge is -2.37. The zero-order chi connectivity index (χ0) is 12.3. The molecule has 1 fully saturated rings. The quantitative estimate of drug-likeness (QED) is 0.754. The normalized spacial score (nSPS) is 31.0. The number of rotatable bonds is 4. The molecule has 0 spiro atoms. The minimum atomic E-state index is -0.722. The molecule has 0 amide bonds. The number of nitrogens with zero attached hydrogens (tertiary/aromatic N) is 1. The van der Waals surface area contributed by atoms with Gasteiger partial charge in [-0.1, -0.05) is 13.8 Å². The zero-order valence-corrected chi connectivity index (χ0v) is 10.7. The van der Waals surface area contributed by atoms with Gasteiger partial charge in [0.15, 0.2) is 0 Å². The summed E-state index contributed by atoms with van der Waals surface area (Å²) in [7, 11) is 2.13. The van der Waals surface area contributed by atoms with Crippen molar-refractivity contribution in [3.63, 3.8) is 0 Å². The maximum atomic E-state index is 10.9. The Morgan fingerprint density at radius 2 is 2.12 bits per heavy atom. The SMILES string of the molecule is CC1CN(C)CCC1NC(C)C(C)C(=O)O. The summed E-state index contributed by atoms with van der Waals surface area (Å²) in [6.45, 7) is 8.14. The highest BCUT2D eigenvalue weighted by Gasteiger charge is 2.28. The molecule has 0 aromatic carbocycles. The van der Waals surface area contributed by atoms with Crippen LogP contribution in [-0.4, -0.2) is 48.2 Å². The van der Waals surface area contributed by atoms with E-state index in [2.05, 4.69) is 24.2 Å². The predicted octanol–water partition coefficient (Wildman–Crippen LogP) is 1.03. The van der Waals surface area contributed by atoms with Crippen molar-refractivity contribution in [3.05, 3.63) is 0 Å². The number of hydrogen-bond donors (Lipinski definition) is 2. The molecule has 1 rings (SSSR count). The van der Waals surface area contributed by atoms with Crippen molar-refractivity contribution >= 4 is 5.97 Å². The second kappa shape index (κ2) is 5.64. The first-order chi connectivity index (χ1) is 7.41. The molecule has 0 radical (unpaired) electrons. The molecule has 0 aromatic rings. The van der Waals surface area contributed by atoms with Gasteiger partial charge in [-0.2, -0.15) is 0 Å². The molecule has 0 bridgehead atoms. The molecular weight excluding hydrogens is 204 g/mol. The van der Waals surface area contributed by atoms with Crippen LogP contribution < -0.4 is 5.32 Å². The number of carboxylic acids is 1. The van der Waals surface area contributed by atoms with E-state index in [0.717, 1.165) is 19.5 Å². The number of carboxylic acid groups (broad SMARTS) is 1. The summed E-state index contributed by atoms with van der Waals surface area (Å²) >= 11 is 0. The van der Waals surface area contributed by atoms with E-state index >= 15 is 0 Å². The summed E-state index contributed by atoms with van der Waals surface area (Å²) < 4.78 is 0. The fourth-order valence-corrected chi connectivity index (χ4v) is 2.30. The average Bonchev–Trinajstić information content (AvgIpc) is 2.20. The summed E-state index contributed by atoms with van der Waals surface area (Å²) in [5.74, 6) is -0.463. The van der Waals surface area contributed by atoms with E-state index in [-0.39, 0.29) is 12.0 Å². The number of aliphatic carboxylic acids is 1. The fourth-order valence-electron chi connectivity index (χ4n) is 2.30. The number of nitrogens with one attached hydrogen (secondary N) is 1. The van der Waals surface area contributed by atoms with Gasteiger partial charge in [0.1, 0.15) is 0 Å². The van der Waals surface area contributed by atoms with Crippen LogP contribution in [0.4, 0.5) is 0 Å². The molecule has 94 valence electrons. The zero-order valence-electron chi connectivity index (χ0n) is 10.7. The summed E-state index contributed by atoms with van der Waals surface area (Å²) in [4.78, 5) is 13.2. The standard InChI is InChI=1S/C12H24N2O2/c1-8-7-14(4)6-5-11(8)13-10(3)9(2)12(15)16/h8-11,13H,5-7H2,1-4H3,(H,15,16). The Morgan fingerprint density at radius 3 is 2.62 bits per heavy atom. The monoisotopic (exact) mass is 228 g/mol. The molecule has 1 heterocycles. The molecule has 4 heteroatoms. The number of hydrogen-bond acceptors (Lipinski definition) is 3. The Morgan fingerprint density at radius 1 is 1.50 bits per heavy atom. The predicted molar refractivity (Wildman–Crippen MR) is 64.5 cm³/mol. The van der Waals surface area contributed by atoms with Gasteiger partial charge in [0, 0.05) is 18.6 Å². The maximum absolute atomic E-state index is 10.9. The number of piperidine rings is 1. The largest absolute Gasteiger partial charge is 0.481 e. The second-order valence-corrected chi connectivity index (χ2v) is 5.22. The minimum Gasteiger partial charge on any atom is -0.481 e. The van der Waals surface area contributed by atoms with E-state index in [0.29, 0.717) is 12.0 Å². The molecule has 0 aromatic heterocycles. The Kier molecular flexibility index (Phi) is 4.74. The number of likely N-dealkylation sites (tertiary alicyclic amines) is 1. The van der Waals surface area contributed by atoms with E-state index in [1.807, 2.05) is 6.92 Å². The third kappa shape index (κ3) is 3.46. The number of carbonyl (C=O) groups is 1. The van der Waals surface area contributed by atoms with Gasteiger partial charge in [-0.05, 0) is 32.9 Å². The average molecular weight is 228 g/mol. The summed E-state index contributed by atoms with van der Waals surface area (Å²) in [6, 6.07) is 0.487. The van der Waals surface area contributed by atoms with Crippen molar-refractivity contribution in [3.8, 4) is 0 Å². The van der Waals surface area contributed by atoms with Crippen molar-refractivity contribution in [1.82, 2.24) is 10.2 Å². The first kappa shape index (κ1) is 13.5. The molecule has 4 nitrogen and oxygen atoms in total. The smallest absolute Gasteiger partial charge is 0.307 e. The van der Waals surface area contributed by atoms with Crippen molar-refractivity contribution in [2.24, 2.45) is 11.8 Å². The molecule has 1 aliphatic heterocycles. The molecule has 0 aliphatic carbocycles. The molecule has 4 unspecified atom stereocenters. The Labute approximate surface area is 98.0 Å². The molecule has 16 heavy (non-hydrogen) atoms. The van der Waals surface area contributed by atoms with Crippen LogP contribution in [0.2, 0.25) is 0 Å². The maximum Gasteiger partial charge on any atom is 0.307 e. The Bertz CT molecular complexity index is 245. The van der Waals surface area contributed by atoms with Gasteiger partial charge in [0.05, 0.1) is 5.92 Å². The van der Waals surface area contributed by atoms with Crippen LogP contribution in [0.1, 0.15) is 27.2 Å². The molecule has 0 saturated carbocycles. The van der Waals surface area contributed by atoms with Crippen molar-refractivity contribution < 1.29 is 9.90 Å². The van der Waals surface area contributed by atoms with Gasteiger partial charge in [-0.3, -0.25) is 4.79 Å². The van der Waals surface area contributed by atoms with E-state index in [1.165, 1.54) is 0 Å². The van der Waals surface area contributed by atoms with Crippen LogP contribution in [0.5, 0.6) is 0 Å². The topological polar surface area (TPSA) is 52.6 Å². The lowest BCUT2D eigenvalue weighted by Crippen LogP contribution is -2.51. The van der Waals surface area contributed by atoms with Crippen LogP contribution in [0.3, 0.4) is 0 Å². The van der Waals surface area contributed by atoms with E-state index < -0.39 is 5.97 Å². The summed E-state index contributed by atoms with van der Waals surface area (Å²) in [5.41, 5.74) is 0. The molecule has 1 saturated heterocycles. The highest BCUT2D eigenvalue weighted by atomic mass is 16.4. The van der Waals surface area contributed by atoms with Crippen molar-refractivity contribution in [2.45, 2.75) is 39.3 Å². The molecule has 4 atom stereocenters. The van der Waals surface area contributed by atoms with E-state index in [1.54, 1.807) is 6.92 Å². The van der Waals surface area contributed by atoms with Crippen LogP contribution in [0.15, 0.2) is 0 Å². The van der Waals surface area contributed by atoms with E-state index in [9.17, 15) is 4.79 Å². The van der Waals surface area contributed by atoms with Crippen molar-refractivity contribution in [2.75, 3.05) is 20.1 Å². The van der Waals surface area contributed by atoms with Crippen LogP contribution in [0, 0.1) is 11.8 Å². The molecular formula is C12H24N2O2. The van der Waals surface area contributed by atoms with Gasteiger partial charge in [0.2, 0.25) is 0 Å². The molecule has 1 aliphatic rings. The third-order valence-electron chi connectivity index (χ3n) is 3.72. The lowest BCUT2D eigenvalue weighted by atomic mass is 9.92.